The van der Waals surface area contributed by atoms with Gasteiger partial charge in [-0.25, -0.2) is 15.0 Å². The Labute approximate surface area is 164 Å². The fraction of sp³-hybridized carbons (Fsp3) is 0.100. The van der Waals surface area contributed by atoms with Crippen molar-refractivity contribution in [2.75, 3.05) is 5.32 Å². The van der Waals surface area contributed by atoms with E-state index in [0.717, 1.165) is 43.9 Å². The monoisotopic (exact) mass is 421 g/mol. The van der Waals surface area contributed by atoms with Gasteiger partial charge in [-0.05, 0) is 55.8 Å². The summed E-state index contributed by atoms with van der Waals surface area (Å²) in [6, 6.07) is 11.8. The fourth-order valence-electron chi connectivity index (χ4n) is 2.65. The van der Waals surface area contributed by atoms with E-state index in [1.54, 1.807) is 18.7 Å². The van der Waals surface area contributed by atoms with Crippen LogP contribution in [0.15, 0.2) is 59.6 Å². The summed E-state index contributed by atoms with van der Waals surface area (Å²) in [6.07, 6.45) is 4.85. The second-order valence-electron chi connectivity index (χ2n) is 6.09. The predicted octanol–water partition coefficient (Wildman–Crippen LogP) is 5.34. The van der Waals surface area contributed by atoms with Gasteiger partial charge in [-0.3, -0.25) is 4.98 Å². The molecule has 2 aromatic carbocycles. The van der Waals surface area contributed by atoms with Crippen molar-refractivity contribution in [1.29, 1.82) is 0 Å². The molecule has 7 heteroatoms. The molecule has 0 amide bonds. The smallest absolute Gasteiger partial charge is 0.237 e. The lowest BCUT2D eigenvalue weighted by atomic mass is 10.2. The van der Waals surface area contributed by atoms with Gasteiger partial charge in [-0.2, -0.15) is 0 Å². The number of rotatable bonds is 4. The van der Waals surface area contributed by atoms with E-state index < -0.39 is 0 Å². The third-order valence-electron chi connectivity index (χ3n) is 4.01. The second kappa shape index (κ2) is 7.28. The molecule has 0 spiro atoms. The van der Waals surface area contributed by atoms with Crippen molar-refractivity contribution in [3.05, 3.63) is 70.8 Å². The molecule has 0 radical (unpaired) electrons. The van der Waals surface area contributed by atoms with Crippen LogP contribution in [0.2, 0.25) is 0 Å². The maximum Gasteiger partial charge on any atom is 0.237 e. The zero-order valence-electron chi connectivity index (χ0n) is 14.8. The van der Waals surface area contributed by atoms with Crippen LogP contribution in [-0.4, -0.2) is 19.9 Å². The molecule has 4 rings (SSSR count). The summed E-state index contributed by atoms with van der Waals surface area (Å²) in [4.78, 5) is 17.1. The predicted molar refractivity (Wildman–Crippen MR) is 109 cm³/mol. The normalized spacial score (nSPS) is 10.8. The molecule has 0 atom stereocenters. The first-order chi connectivity index (χ1) is 13.1. The van der Waals surface area contributed by atoms with Gasteiger partial charge in [0, 0.05) is 15.5 Å². The average molecular weight is 422 g/mol. The maximum absolute atomic E-state index is 5.82. The van der Waals surface area contributed by atoms with E-state index in [1.807, 2.05) is 50.2 Å². The van der Waals surface area contributed by atoms with Crippen LogP contribution >= 0.6 is 15.9 Å². The first-order valence-electron chi connectivity index (χ1n) is 8.33. The molecule has 27 heavy (non-hydrogen) atoms. The van der Waals surface area contributed by atoms with E-state index in [9.17, 15) is 0 Å². The summed E-state index contributed by atoms with van der Waals surface area (Å²) >= 11 is 3.50. The van der Waals surface area contributed by atoms with Crippen molar-refractivity contribution in [2.45, 2.75) is 13.8 Å². The Hall–Kier alpha value is -3.06. The van der Waals surface area contributed by atoms with Gasteiger partial charge >= 0.3 is 0 Å². The Kier molecular flexibility index (Phi) is 4.68. The largest absolute Gasteiger partial charge is 0.437 e. The molecule has 2 heterocycles. The zero-order valence-corrected chi connectivity index (χ0v) is 16.4. The lowest BCUT2D eigenvalue weighted by molar-refractivity contribution is 0.456. The Bertz CT molecular complexity index is 1120. The Morgan fingerprint density at radius 1 is 0.926 bits per heavy atom. The van der Waals surface area contributed by atoms with Crippen LogP contribution in [0.25, 0.3) is 10.9 Å². The first kappa shape index (κ1) is 17.4. The van der Waals surface area contributed by atoms with Crippen molar-refractivity contribution >= 4 is 38.3 Å². The summed E-state index contributed by atoms with van der Waals surface area (Å²) in [5, 5.41) is 4.30. The summed E-state index contributed by atoms with van der Waals surface area (Å²) in [5.74, 6) is 1.95. The molecule has 0 unspecified atom stereocenters. The number of halogens is 1. The van der Waals surface area contributed by atoms with Gasteiger partial charge in [-0.1, -0.05) is 15.9 Å². The maximum atomic E-state index is 5.82. The van der Waals surface area contributed by atoms with Crippen molar-refractivity contribution in [2.24, 2.45) is 0 Å². The summed E-state index contributed by atoms with van der Waals surface area (Å²) < 4.78 is 6.80. The lowest BCUT2D eigenvalue weighted by Gasteiger charge is -2.12. The number of aryl methyl sites for hydroxylation is 2. The van der Waals surface area contributed by atoms with Gasteiger partial charge in [0.1, 0.15) is 17.9 Å². The number of benzene rings is 2. The molecule has 6 nitrogen and oxygen atoms in total. The number of aromatic nitrogens is 4. The lowest BCUT2D eigenvalue weighted by Crippen LogP contribution is -1.97. The number of anilines is 2. The highest BCUT2D eigenvalue weighted by Gasteiger charge is 2.08. The number of nitrogens with zero attached hydrogens (tertiary/aromatic N) is 4. The average Bonchev–Trinajstić information content (AvgIpc) is 2.66. The molecule has 4 aromatic rings. The Balaban J connectivity index is 1.60. The second-order valence-corrected chi connectivity index (χ2v) is 7.00. The number of hydrogen-bond donors (Lipinski definition) is 1. The van der Waals surface area contributed by atoms with Crippen molar-refractivity contribution in [1.82, 2.24) is 19.9 Å². The van der Waals surface area contributed by atoms with Crippen LogP contribution in [0, 0.1) is 13.8 Å². The van der Waals surface area contributed by atoms with Crippen molar-refractivity contribution < 1.29 is 4.74 Å². The van der Waals surface area contributed by atoms with Crippen molar-refractivity contribution in [3.63, 3.8) is 0 Å². The van der Waals surface area contributed by atoms with Crippen LogP contribution in [0.3, 0.4) is 0 Å². The van der Waals surface area contributed by atoms with Crippen LogP contribution in [0.5, 0.6) is 11.6 Å². The van der Waals surface area contributed by atoms with E-state index in [-0.39, 0.29) is 0 Å². The minimum atomic E-state index is 0.469. The quantitative estimate of drug-likeness (QED) is 0.479. The highest BCUT2D eigenvalue weighted by molar-refractivity contribution is 9.10. The van der Waals surface area contributed by atoms with E-state index in [4.69, 9.17) is 4.74 Å². The van der Waals surface area contributed by atoms with Gasteiger partial charge in [0.25, 0.3) is 0 Å². The van der Waals surface area contributed by atoms with Gasteiger partial charge in [0.05, 0.1) is 23.6 Å². The third-order valence-corrected chi connectivity index (χ3v) is 4.50. The summed E-state index contributed by atoms with van der Waals surface area (Å²) in [5.41, 5.74) is 3.62. The molecule has 0 aliphatic carbocycles. The molecule has 0 aliphatic heterocycles. The van der Waals surface area contributed by atoms with Crippen LogP contribution < -0.4 is 10.1 Å². The molecule has 0 bridgehead atoms. The third kappa shape index (κ3) is 3.88. The van der Waals surface area contributed by atoms with E-state index in [1.165, 1.54) is 0 Å². The highest BCUT2D eigenvalue weighted by Crippen LogP contribution is 2.29. The number of hydrogen-bond acceptors (Lipinski definition) is 6. The fourth-order valence-corrected chi connectivity index (χ4v) is 3.01. The zero-order chi connectivity index (χ0) is 18.8. The van der Waals surface area contributed by atoms with E-state index >= 15 is 0 Å². The van der Waals surface area contributed by atoms with Gasteiger partial charge < -0.3 is 10.1 Å². The molecular formula is C20H16BrN5O. The van der Waals surface area contributed by atoms with Gasteiger partial charge in [0.15, 0.2) is 0 Å². The molecule has 0 aliphatic rings. The molecule has 0 saturated heterocycles. The Morgan fingerprint density at radius 2 is 1.81 bits per heavy atom. The molecule has 134 valence electrons. The number of nitrogens with one attached hydrogen (secondary N) is 1. The minimum absolute atomic E-state index is 0.469. The van der Waals surface area contributed by atoms with E-state index in [0.29, 0.717) is 5.88 Å². The van der Waals surface area contributed by atoms with Gasteiger partial charge in [-0.15, -0.1) is 0 Å². The topological polar surface area (TPSA) is 72.8 Å². The molecule has 1 N–H and O–H groups in total. The molecular weight excluding hydrogens is 406 g/mol. The first-order valence-corrected chi connectivity index (χ1v) is 9.12. The Morgan fingerprint density at radius 3 is 2.59 bits per heavy atom. The minimum Gasteiger partial charge on any atom is -0.437 e. The van der Waals surface area contributed by atoms with E-state index in [2.05, 4.69) is 41.2 Å². The van der Waals surface area contributed by atoms with Crippen LogP contribution in [0.4, 0.5) is 11.5 Å². The van der Waals surface area contributed by atoms with Crippen LogP contribution in [-0.2, 0) is 0 Å². The van der Waals surface area contributed by atoms with Gasteiger partial charge in [0.2, 0.25) is 5.88 Å². The van der Waals surface area contributed by atoms with Crippen LogP contribution in [0.1, 0.15) is 11.3 Å². The highest BCUT2D eigenvalue weighted by atomic mass is 79.9. The standard InChI is InChI=1S/C20H16BrN5O/c1-12-7-15(4-6-18(12)27-19-10-22-13(2)9-23-19)26-20-16-8-14(21)3-5-17(16)24-11-25-20/h3-11H,1-2H3,(H,24,25,26). The molecule has 2 aromatic heterocycles. The SMILES string of the molecule is Cc1cnc(Oc2ccc(Nc3ncnc4ccc(Br)cc34)cc2C)cn1. The van der Waals surface area contributed by atoms with Crippen molar-refractivity contribution in [3.8, 4) is 11.6 Å². The molecule has 0 fully saturated rings. The number of ether oxygens (including phenoxy) is 1. The molecule has 0 saturated carbocycles. The summed E-state index contributed by atoms with van der Waals surface area (Å²) in [6.45, 7) is 3.87. The number of fused-ring (bicyclic) bond motifs is 1. The summed E-state index contributed by atoms with van der Waals surface area (Å²) in [7, 11) is 0.